The number of thiazole rings is 1. The number of rotatable bonds is 6. The number of fused-ring (bicyclic) bond motifs is 1. The van der Waals surface area contributed by atoms with Crippen LogP contribution < -0.4 is 9.64 Å². The smallest absolute Gasteiger partial charge is 0.280 e. The minimum Gasteiger partial charge on any atom is -0.494 e. The lowest BCUT2D eigenvalue weighted by Gasteiger charge is -2.18. The Hall–Kier alpha value is -2.97. The number of methoxy groups -OCH3 is 1. The van der Waals surface area contributed by atoms with Crippen molar-refractivity contribution in [2.24, 2.45) is 0 Å². The van der Waals surface area contributed by atoms with Gasteiger partial charge in [-0.25, -0.2) is 4.98 Å². The van der Waals surface area contributed by atoms with Gasteiger partial charge in [0.15, 0.2) is 10.8 Å². The second-order valence-corrected chi connectivity index (χ2v) is 8.05. The molecule has 30 heavy (non-hydrogen) atoms. The normalized spacial score (nSPS) is 11.1. The fourth-order valence-electron chi connectivity index (χ4n) is 3.19. The van der Waals surface area contributed by atoms with Crippen molar-refractivity contribution in [1.29, 1.82) is 0 Å². The van der Waals surface area contributed by atoms with Gasteiger partial charge in [0, 0.05) is 24.6 Å². The monoisotopic (exact) mass is 441 g/mol. The molecule has 4 rings (SSSR count). The third-order valence-corrected chi connectivity index (χ3v) is 6.25. The number of anilines is 1. The summed E-state index contributed by atoms with van der Waals surface area (Å²) in [5.41, 5.74) is 2.81. The predicted octanol–water partition coefficient (Wildman–Crippen LogP) is 4.73. The van der Waals surface area contributed by atoms with Gasteiger partial charge < -0.3 is 4.74 Å². The molecule has 0 aliphatic carbocycles. The van der Waals surface area contributed by atoms with Crippen LogP contribution in [-0.4, -0.2) is 32.8 Å². The number of hydrogen-bond donors (Lipinski definition) is 0. The summed E-state index contributed by atoms with van der Waals surface area (Å²) in [6.45, 7) is 4.92. The molecule has 0 aliphatic heterocycles. The Morgan fingerprint density at radius 1 is 1.33 bits per heavy atom. The lowest BCUT2D eigenvalue weighted by atomic mass is 10.2. The Bertz CT molecular complexity index is 1210. The minimum absolute atomic E-state index is 0.233. The summed E-state index contributed by atoms with van der Waals surface area (Å²) in [5.74, 6) is 0.375. The third kappa shape index (κ3) is 3.76. The Morgan fingerprint density at radius 3 is 2.83 bits per heavy atom. The minimum atomic E-state index is -0.233. The zero-order valence-corrected chi connectivity index (χ0v) is 18.4. The Morgan fingerprint density at radius 2 is 2.17 bits per heavy atom. The van der Waals surface area contributed by atoms with Crippen LogP contribution in [0.1, 0.15) is 28.7 Å². The number of nitrogens with zero attached hydrogens (tertiary/aromatic N) is 5. The molecule has 0 N–H and O–H groups in total. The van der Waals surface area contributed by atoms with E-state index in [1.54, 1.807) is 47.3 Å². The highest BCUT2D eigenvalue weighted by Gasteiger charge is 2.25. The van der Waals surface area contributed by atoms with Crippen LogP contribution in [0.3, 0.4) is 0 Å². The van der Waals surface area contributed by atoms with Gasteiger partial charge in [-0.15, -0.1) is 0 Å². The number of amides is 1. The Labute approximate surface area is 182 Å². The highest BCUT2D eigenvalue weighted by Crippen LogP contribution is 2.39. The van der Waals surface area contributed by atoms with Crippen molar-refractivity contribution in [2.75, 3.05) is 12.0 Å². The van der Waals surface area contributed by atoms with Crippen molar-refractivity contribution in [1.82, 2.24) is 19.7 Å². The first-order valence-electron chi connectivity index (χ1n) is 9.40. The maximum atomic E-state index is 13.5. The van der Waals surface area contributed by atoms with E-state index in [1.807, 2.05) is 26.0 Å². The maximum absolute atomic E-state index is 13.5. The predicted molar refractivity (Wildman–Crippen MR) is 119 cm³/mol. The molecule has 1 amide bonds. The van der Waals surface area contributed by atoms with Crippen molar-refractivity contribution in [2.45, 2.75) is 26.9 Å². The van der Waals surface area contributed by atoms with Crippen LogP contribution in [-0.2, 0) is 13.1 Å². The highest BCUT2D eigenvalue weighted by atomic mass is 35.5. The molecular weight excluding hydrogens is 422 g/mol. The van der Waals surface area contributed by atoms with E-state index in [1.165, 1.54) is 11.3 Å². The fraction of sp³-hybridized carbons (Fsp3) is 0.238. The van der Waals surface area contributed by atoms with E-state index in [4.69, 9.17) is 21.3 Å². The first-order chi connectivity index (χ1) is 14.5. The summed E-state index contributed by atoms with van der Waals surface area (Å²) in [6.07, 6.45) is 3.43. The van der Waals surface area contributed by atoms with Crippen molar-refractivity contribution in [3.63, 3.8) is 0 Å². The molecule has 0 spiro atoms. The molecule has 0 radical (unpaired) electrons. The number of aromatic nitrogens is 4. The number of carbonyl (C=O) groups is 1. The molecule has 0 aliphatic rings. The van der Waals surface area contributed by atoms with Crippen LogP contribution in [0.15, 0.2) is 42.7 Å². The fourth-order valence-corrected chi connectivity index (χ4v) is 4.45. The van der Waals surface area contributed by atoms with E-state index < -0.39 is 0 Å². The van der Waals surface area contributed by atoms with E-state index in [0.29, 0.717) is 40.2 Å². The zero-order valence-electron chi connectivity index (χ0n) is 16.8. The van der Waals surface area contributed by atoms with Gasteiger partial charge in [-0.05, 0) is 43.7 Å². The van der Waals surface area contributed by atoms with Crippen LogP contribution in [0.25, 0.3) is 10.2 Å². The standard InChI is InChI=1S/C21H20ClN5O2S/c1-4-27-13(2)10-16(25-27)20(28)26(12-14-6-5-9-23-11-14)21-24-18-17(29-3)8-7-15(22)19(18)30-21/h5-11H,4,12H2,1-3H3. The van der Waals surface area contributed by atoms with E-state index in [9.17, 15) is 4.79 Å². The Balaban J connectivity index is 1.81. The third-order valence-electron chi connectivity index (χ3n) is 4.71. The summed E-state index contributed by atoms with van der Waals surface area (Å²) in [6, 6.07) is 9.09. The maximum Gasteiger partial charge on any atom is 0.280 e. The SMILES string of the molecule is CCn1nc(C(=O)N(Cc2cccnc2)c2nc3c(OC)ccc(Cl)c3s2)cc1C. The molecule has 7 nitrogen and oxygen atoms in total. The second-order valence-electron chi connectivity index (χ2n) is 6.66. The molecule has 0 saturated carbocycles. The molecule has 0 bridgehead atoms. The number of hydrogen-bond acceptors (Lipinski definition) is 6. The van der Waals surface area contributed by atoms with Crippen LogP contribution in [0.2, 0.25) is 5.02 Å². The molecule has 1 aromatic carbocycles. The van der Waals surface area contributed by atoms with Crippen molar-refractivity contribution < 1.29 is 9.53 Å². The summed E-state index contributed by atoms with van der Waals surface area (Å²) >= 11 is 7.74. The highest BCUT2D eigenvalue weighted by molar-refractivity contribution is 7.23. The van der Waals surface area contributed by atoms with E-state index >= 15 is 0 Å². The van der Waals surface area contributed by atoms with E-state index in [2.05, 4.69) is 10.1 Å². The lowest BCUT2D eigenvalue weighted by molar-refractivity contribution is 0.0979. The first kappa shape index (κ1) is 20.3. The number of ether oxygens (including phenoxy) is 1. The molecule has 4 aromatic rings. The van der Waals surface area contributed by atoms with Crippen LogP contribution in [0.4, 0.5) is 5.13 Å². The average Bonchev–Trinajstić information content (AvgIpc) is 3.37. The van der Waals surface area contributed by atoms with Crippen LogP contribution >= 0.6 is 22.9 Å². The molecular formula is C21H20ClN5O2S. The van der Waals surface area contributed by atoms with Gasteiger partial charge in [0.1, 0.15) is 11.3 Å². The number of pyridine rings is 1. The number of benzene rings is 1. The molecule has 0 atom stereocenters. The van der Waals surface area contributed by atoms with Gasteiger partial charge in [-0.1, -0.05) is 29.0 Å². The van der Waals surface area contributed by atoms with Gasteiger partial charge in [-0.3, -0.25) is 19.4 Å². The summed E-state index contributed by atoms with van der Waals surface area (Å²) in [4.78, 5) is 23.9. The Kier molecular flexibility index (Phi) is 5.69. The second kappa shape index (κ2) is 8.41. The first-order valence-corrected chi connectivity index (χ1v) is 10.6. The van der Waals surface area contributed by atoms with Gasteiger partial charge in [-0.2, -0.15) is 5.10 Å². The molecule has 0 saturated heterocycles. The lowest BCUT2D eigenvalue weighted by Crippen LogP contribution is -2.30. The molecule has 3 aromatic heterocycles. The van der Waals surface area contributed by atoms with E-state index in [-0.39, 0.29) is 5.91 Å². The summed E-state index contributed by atoms with van der Waals surface area (Å²) < 4.78 is 8.00. The average molecular weight is 442 g/mol. The number of aryl methyl sites for hydroxylation is 2. The summed E-state index contributed by atoms with van der Waals surface area (Å²) in [5, 5.41) is 5.54. The van der Waals surface area contributed by atoms with Gasteiger partial charge >= 0.3 is 0 Å². The number of carbonyl (C=O) groups excluding carboxylic acids is 1. The molecule has 0 unspecified atom stereocenters. The van der Waals surface area contributed by atoms with Crippen LogP contribution in [0, 0.1) is 6.92 Å². The summed E-state index contributed by atoms with van der Waals surface area (Å²) in [7, 11) is 1.58. The molecule has 0 fully saturated rings. The quantitative estimate of drug-likeness (QED) is 0.432. The topological polar surface area (TPSA) is 73.1 Å². The zero-order chi connectivity index (χ0) is 21.3. The van der Waals surface area contributed by atoms with Gasteiger partial charge in [0.25, 0.3) is 5.91 Å². The van der Waals surface area contributed by atoms with E-state index in [0.717, 1.165) is 16.0 Å². The van der Waals surface area contributed by atoms with Crippen molar-refractivity contribution >= 4 is 44.2 Å². The van der Waals surface area contributed by atoms with Gasteiger partial charge in [0.05, 0.1) is 23.4 Å². The van der Waals surface area contributed by atoms with Crippen molar-refractivity contribution in [3.05, 3.63) is 64.7 Å². The molecule has 9 heteroatoms. The molecule has 154 valence electrons. The number of halogens is 1. The van der Waals surface area contributed by atoms with Gasteiger partial charge in [0.2, 0.25) is 0 Å². The van der Waals surface area contributed by atoms with Crippen LogP contribution in [0.5, 0.6) is 5.75 Å². The molecule has 3 heterocycles. The largest absolute Gasteiger partial charge is 0.494 e. The van der Waals surface area contributed by atoms with Crippen molar-refractivity contribution in [3.8, 4) is 5.75 Å².